The van der Waals surface area contributed by atoms with Gasteiger partial charge in [0.25, 0.3) is 0 Å². The largest absolute Gasteiger partial charge is 0.496 e. The van der Waals surface area contributed by atoms with Crippen molar-refractivity contribution in [3.05, 3.63) is 70.9 Å². The summed E-state index contributed by atoms with van der Waals surface area (Å²) in [5.74, 6) is -0.0544. The van der Waals surface area contributed by atoms with Crippen LogP contribution < -0.4 is 9.47 Å². The molecule has 6 heteroatoms. The zero-order chi connectivity index (χ0) is 24.5. The maximum atomic E-state index is 13.4. The number of carbonyl (C=O) groups excluding carboxylic acids is 2. The predicted molar refractivity (Wildman–Crippen MR) is 130 cm³/mol. The van der Waals surface area contributed by atoms with E-state index in [0.29, 0.717) is 29.9 Å². The second kappa shape index (κ2) is 9.45. The summed E-state index contributed by atoms with van der Waals surface area (Å²) in [6.45, 7) is 6.28. The summed E-state index contributed by atoms with van der Waals surface area (Å²) in [6, 6.07) is 15.3. The minimum Gasteiger partial charge on any atom is -0.496 e. The van der Waals surface area contributed by atoms with E-state index in [1.165, 1.54) is 7.11 Å². The van der Waals surface area contributed by atoms with Gasteiger partial charge >= 0.3 is 5.97 Å². The summed E-state index contributed by atoms with van der Waals surface area (Å²) in [4.78, 5) is 31.0. The molecule has 2 atom stereocenters. The van der Waals surface area contributed by atoms with Crippen LogP contribution in [0.1, 0.15) is 50.7 Å². The van der Waals surface area contributed by atoms with Gasteiger partial charge in [-0.1, -0.05) is 38.1 Å². The van der Waals surface area contributed by atoms with E-state index >= 15 is 0 Å². The predicted octanol–water partition coefficient (Wildman–Crippen LogP) is 5.26. The molecule has 2 aliphatic rings. The van der Waals surface area contributed by atoms with Gasteiger partial charge in [0.15, 0.2) is 5.78 Å². The monoisotopic (exact) mass is 461 g/mol. The SMILES string of the molecule is COC(=O)C1C(C)=NC2=C(C(=O)CC(C)(C)C2)[C@@H]1c1ccc(OC)c(COc2ccccc2)c1. The first-order chi connectivity index (χ1) is 16.2. The molecular formula is C28H31NO5. The minimum absolute atomic E-state index is 0.0410. The molecule has 6 nitrogen and oxygen atoms in total. The molecule has 0 bridgehead atoms. The highest BCUT2D eigenvalue weighted by molar-refractivity contribution is 6.09. The van der Waals surface area contributed by atoms with Crippen molar-refractivity contribution in [3.8, 4) is 11.5 Å². The second-order valence-corrected chi connectivity index (χ2v) is 9.71. The molecule has 0 fully saturated rings. The first-order valence-electron chi connectivity index (χ1n) is 11.5. The lowest BCUT2D eigenvalue weighted by Gasteiger charge is -2.39. The molecule has 0 aromatic heterocycles. The zero-order valence-corrected chi connectivity index (χ0v) is 20.4. The number of ether oxygens (including phenoxy) is 3. The normalized spacial score (nSPS) is 21.4. The zero-order valence-electron chi connectivity index (χ0n) is 20.4. The van der Waals surface area contributed by atoms with Crippen LogP contribution in [0.4, 0.5) is 0 Å². The van der Waals surface area contributed by atoms with Crippen LogP contribution in [0, 0.1) is 11.3 Å². The van der Waals surface area contributed by atoms with Crippen molar-refractivity contribution < 1.29 is 23.8 Å². The van der Waals surface area contributed by atoms with E-state index in [-0.39, 0.29) is 17.8 Å². The van der Waals surface area contributed by atoms with E-state index in [0.717, 1.165) is 22.6 Å². The first kappa shape index (κ1) is 23.7. The maximum Gasteiger partial charge on any atom is 0.315 e. The highest BCUT2D eigenvalue weighted by Gasteiger charge is 2.46. The number of allylic oxidation sites excluding steroid dienone is 2. The van der Waals surface area contributed by atoms with Gasteiger partial charge in [-0.3, -0.25) is 14.6 Å². The average molecular weight is 462 g/mol. The van der Waals surface area contributed by atoms with Gasteiger partial charge in [0.2, 0.25) is 0 Å². The summed E-state index contributed by atoms with van der Waals surface area (Å²) in [5, 5.41) is 0. The number of carbonyl (C=O) groups is 2. The molecule has 1 aliphatic carbocycles. The molecule has 1 unspecified atom stereocenters. The molecular weight excluding hydrogens is 430 g/mol. The molecule has 178 valence electrons. The lowest BCUT2D eigenvalue weighted by Crippen LogP contribution is -2.39. The molecule has 0 N–H and O–H groups in total. The molecule has 0 spiro atoms. The Morgan fingerprint density at radius 2 is 1.82 bits per heavy atom. The lowest BCUT2D eigenvalue weighted by atomic mass is 9.66. The Hall–Kier alpha value is -3.41. The summed E-state index contributed by atoms with van der Waals surface area (Å²) in [5.41, 5.74) is 3.58. The van der Waals surface area contributed by atoms with Gasteiger partial charge in [-0.15, -0.1) is 0 Å². The summed E-state index contributed by atoms with van der Waals surface area (Å²) < 4.78 is 16.7. The second-order valence-electron chi connectivity index (χ2n) is 9.71. The molecule has 2 aromatic carbocycles. The molecule has 0 saturated carbocycles. The lowest BCUT2D eigenvalue weighted by molar-refractivity contribution is -0.143. The van der Waals surface area contributed by atoms with Crippen LogP contribution in [0.15, 0.2) is 64.8 Å². The molecule has 34 heavy (non-hydrogen) atoms. The Balaban J connectivity index is 1.79. The van der Waals surface area contributed by atoms with Gasteiger partial charge in [0, 0.05) is 34.9 Å². The number of ketones is 1. The third kappa shape index (κ3) is 4.63. The highest BCUT2D eigenvalue weighted by Crippen LogP contribution is 2.48. The Morgan fingerprint density at radius 3 is 2.50 bits per heavy atom. The molecule has 4 rings (SSSR count). The topological polar surface area (TPSA) is 74.2 Å². The Morgan fingerprint density at radius 1 is 1.09 bits per heavy atom. The fourth-order valence-corrected chi connectivity index (χ4v) is 5.02. The van der Waals surface area contributed by atoms with E-state index in [2.05, 4.69) is 13.8 Å². The van der Waals surface area contributed by atoms with Crippen LogP contribution in [-0.2, 0) is 20.9 Å². The van der Waals surface area contributed by atoms with Gasteiger partial charge in [-0.25, -0.2) is 0 Å². The number of hydrogen-bond acceptors (Lipinski definition) is 6. The minimum atomic E-state index is -0.662. The van der Waals surface area contributed by atoms with Crippen LogP contribution in [0.25, 0.3) is 0 Å². The van der Waals surface area contributed by atoms with Crippen molar-refractivity contribution in [1.82, 2.24) is 0 Å². The van der Waals surface area contributed by atoms with Crippen LogP contribution in [-0.4, -0.2) is 31.7 Å². The van der Waals surface area contributed by atoms with Gasteiger partial charge in [0.1, 0.15) is 24.0 Å². The van der Waals surface area contributed by atoms with Crippen molar-refractivity contribution in [2.75, 3.05) is 14.2 Å². The fourth-order valence-electron chi connectivity index (χ4n) is 5.02. The van der Waals surface area contributed by atoms with Gasteiger partial charge < -0.3 is 14.2 Å². The number of aliphatic imine (C=N–C) groups is 1. The summed E-state index contributed by atoms with van der Waals surface area (Å²) in [7, 11) is 2.98. The number of Topliss-reactive ketones (excluding diaryl/α,β-unsaturated/α-hetero) is 1. The van der Waals surface area contributed by atoms with Crippen molar-refractivity contribution in [3.63, 3.8) is 0 Å². The highest BCUT2D eigenvalue weighted by atomic mass is 16.5. The number of esters is 1. The Bertz CT molecular complexity index is 1160. The summed E-state index contributed by atoms with van der Waals surface area (Å²) in [6.07, 6.45) is 1.11. The van der Waals surface area contributed by atoms with Crippen LogP contribution >= 0.6 is 0 Å². The Labute approximate surface area is 200 Å². The van der Waals surface area contributed by atoms with Gasteiger partial charge in [0.05, 0.1) is 14.2 Å². The third-order valence-corrected chi connectivity index (χ3v) is 6.56. The van der Waals surface area contributed by atoms with Crippen LogP contribution in [0.5, 0.6) is 11.5 Å². The van der Waals surface area contributed by atoms with E-state index in [1.807, 2.05) is 55.5 Å². The van der Waals surface area contributed by atoms with Crippen LogP contribution in [0.2, 0.25) is 0 Å². The number of para-hydroxylation sites is 1. The smallest absolute Gasteiger partial charge is 0.315 e. The molecule has 2 aromatic rings. The molecule has 0 radical (unpaired) electrons. The Kier molecular flexibility index (Phi) is 6.60. The molecule has 0 saturated heterocycles. The number of methoxy groups -OCH3 is 2. The standard InChI is InChI=1S/C28H31NO5/c1-17-24(27(31)33-5)25(26-21(29-17)14-28(2,3)15-22(26)30)18-11-12-23(32-4)19(13-18)16-34-20-9-7-6-8-10-20/h6-13,24-25H,14-16H2,1-5H3/t24?,25-/m1/s1. The average Bonchev–Trinajstić information content (AvgIpc) is 2.81. The van der Waals surface area contributed by atoms with E-state index in [1.54, 1.807) is 7.11 Å². The van der Waals surface area contributed by atoms with E-state index in [4.69, 9.17) is 19.2 Å². The maximum absolute atomic E-state index is 13.4. The van der Waals surface area contributed by atoms with Crippen LogP contribution in [0.3, 0.4) is 0 Å². The summed E-state index contributed by atoms with van der Waals surface area (Å²) >= 11 is 0. The quantitative estimate of drug-likeness (QED) is 0.548. The number of hydrogen-bond donors (Lipinski definition) is 0. The molecule has 1 heterocycles. The van der Waals surface area contributed by atoms with Gasteiger partial charge in [-0.05, 0) is 48.6 Å². The number of rotatable bonds is 6. The van der Waals surface area contributed by atoms with Crippen molar-refractivity contribution in [2.45, 2.75) is 46.1 Å². The van der Waals surface area contributed by atoms with Crippen molar-refractivity contribution >= 4 is 17.5 Å². The third-order valence-electron chi connectivity index (χ3n) is 6.56. The van der Waals surface area contributed by atoms with Crippen molar-refractivity contribution in [1.29, 1.82) is 0 Å². The molecule has 0 amide bonds. The number of nitrogens with zero attached hydrogens (tertiary/aromatic N) is 1. The number of benzene rings is 2. The van der Waals surface area contributed by atoms with Crippen molar-refractivity contribution in [2.24, 2.45) is 16.3 Å². The van der Waals surface area contributed by atoms with E-state index < -0.39 is 17.8 Å². The first-order valence-corrected chi connectivity index (χ1v) is 11.5. The van der Waals surface area contributed by atoms with E-state index in [9.17, 15) is 9.59 Å². The van der Waals surface area contributed by atoms with Gasteiger partial charge in [-0.2, -0.15) is 0 Å². The molecule has 1 aliphatic heterocycles. The fraction of sp³-hybridized carbons (Fsp3) is 0.393.